The summed E-state index contributed by atoms with van der Waals surface area (Å²) in [6.07, 6.45) is 7.36. The summed E-state index contributed by atoms with van der Waals surface area (Å²) in [5.74, 6) is 0.722. The van der Waals surface area contributed by atoms with Crippen LogP contribution in [0.1, 0.15) is 31.9 Å². The van der Waals surface area contributed by atoms with Gasteiger partial charge in [0.2, 0.25) is 5.95 Å². The Hall–Kier alpha value is -1.95. The van der Waals surface area contributed by atoms with Gasteiger partial charge < -0.3 is 10.2 Å². The highest BCUT2D eigenvalue weighted by atomic mass is 15.3. The lowest BCUT2D eigenvalue weighted by atomic mass is 10.1. The van der Waals surface area contributed by atoms with Gasteiger partial charge in [-0.1, -0.05) is 6.92 Å². The number of hydrogen-bond acceptors (Lipinski definition) is 5. The van der Waals surface area contributed by atoms with Gasteiger partial charge in [0.05, 0.1) is 11.4 Å². The van der Waals surface area contributed by atoms with Gasteiger partial charge in [-0.2, -0.15) is 5.10 Å². The van der Waals surface area contributed by atoms with Gasteiger partial charge in [-0.25, -0.2) is 9.97 Å². The van der Waals surface area contributed by atoms with E-state index >= 15 is 0 Å². The Balaban J connectivity index is 1.66. The number of rotatable bonds is 5. The predicted octanol–water partition coefficient (Wildman–Crippen LogP) is 2.47. The zero-order valence-corrected chi connectivity index (χ0v) is 14.3. The highest BCUT2D eigenvalue weighted by Gasteiger charge is 2.19. The fourth-order valence-corrected chi connectivity index (χ4v) is 3.23. The number of aryl methyl sites for hydroxylation is 2. The first kappa shape index (κ1) is 15.9. The minimum Gasteiger partial charge on any atom is -0.351 e. The molecule has 0 spiro atoms. The Kier molecular flexibility index (Phi) is 4.91. The van der Waals surface area contributed by atoms with Crippen molar-refractivity contribution in [3.8, 4) is 11.3 Å². The van der Waals surface area contributed by atoms with Gasteiger partial charge in [-0.15, -0.1) is 0 Å². The molecule has 1 fully saturated rings. The molecule has 23 heavy (non-hydrogen) atoms. The van der Waals surface area contributed by atoms with E-state index in [1.54, 1.807) is 0 Å². The van der Waals surface area contributed by atoms with Crippen LogP contribution in [0.2, 0.25) is 0 Å². The average molecular weight is 314 g/mol. The third kappa shape index (κ3) is 3.88. The van der Waals surface area contributed by atoms with E-state index in [0.717, 1.165) is 48.8 Å². The summed E-state index contributed by atoms with van der Waals surface area (Å²) in [7, 11) is 1.93. The highest BCUT2D eigenvalue weighted by Crippen LogP contribution is 2.21. The summed E-state index contributed by atoms with van der Waals surface area (Å²) in [6.45, 7) is 7.77. The van der Waals surface area contributed by atoms with Gasteiger partial charge >= 0.3 is 0 Å². The van der Waals surface area contributed by atoms with Gasteiger partial charge in [0.25, 0.3) is 0 Å². The van der Waals surface area contributed by atoms with E-state index < -0.39 is 0 Å². The van der Waals surface area contributed by atoms with Gasteiger partial charge in [0.1, 0.15) is 0 Å². The van der Waals surface area contributed by atoms with Crippen molar-refractivity contribution in [1.82, 2.24) is 24.6 Å². The topological polar surface area (TPSA) is 58.9 Å². The predicted molar refractivity (Wildman–Crippen MR) is 92.3 cm³/mol. The summed E-state index contributed by atoms with van der Waals surface area (Å²) in [4.78, 5) is 11.6. The number of nitrogens with one attached hydrogen (secondary N) is 1. The van der Waals surface area contributed by atoms with Gasteiger partial charge in [-0.05, 0) is 38.8 Å². The van der Waals surface area contributed by atoms with Crippen molar-refractivity contribution < 1.29 is 0 Å². The molecular weight excluding hydrogens is 288 g/mol. The average Bonchev–Trinajstić information content (AvgIpc) is 2.88. The standard InChI is InChI=1S/C17H26N6/c1-4-9-23-10-6-14(7-11-23)19-17-18-8-5-16(20-17)15-12-22(3)21-13(15)2/h5,8,12,14H,4,6-7,9-11H2,1-3H3,(H,18,19,20). The molecule has 1 aliphatic rings. The van der Waals surface area contributed by atoms with Crippen LogP contribution in [0, 0.1) is 6.92 Å². The zero-order chi connectivity index (χ0) is 16.2. The monoisotopic (exact) mass is 314 g/mol. The van der Waals surface area contributed by atoms with E-state index in [4.69, 9.17) is 0 Å². The molecule has 6 nitrogen and oxygen atoms in total. The van der Waals surface area contributed by atoms with Crippen LogP contribution < -0.4 is 5.32 Å². The van der Waals surface area contributed by atoms with Gasteiger partial charge in [0.15, 0.2) is 0 Å². The van der Waals surface area contributed by atoms with Crippen molar-refractivity contribution in [3.63, 3.8) is 0 Å². The molecule has 2 aromatic rings. The number of piperidine rings is 1. The molecule has 6 heteroatoms. The molecule has 0 aromatic carbocycles. The molecular formula is C17H26N6. The fraction of sp³-hybridized carbons (Fsp3) is 0.588. The normalized spacial score (nSPS) is 16.7. The van der Waals surface area contributed by atoms with Crippen LogP contribution in [-0.2, 0) is 7.05 Å². The Morgan fingerprint density at radius 2 is 2.09 bits per heavy atom. The molecule has 1 N–H and O–H groups in total. The lowest BCUT2D eigenvalue weighted by Gasteiger charge is -2.32. The minimum absolute atomic E-state index is 0.466. The quantitative estimate of drug-likeness (QED) is 0.919. The molecule has 124 valence electrons. The molecule has 3 heterocycles. The number of anilines is 1. The van der Waals surface area contributed by atoms with Crippen molar-refractivity contribution in [2.45, 2.75) is 39.2 Å². The van der Waals surface area contributed by atoms with E-state index in [-0.39, 0.29) is 0 Å². The maximum atomic E-state index is 4.68. The van der Waals surface area contributed by atoms with Crippen molar-refractivity contribution in [2.75, 3.05) is 25.0 Å². The summed E-state index contributed by atoms with van der Waals surface area (Å²) in [5, 5.41) is 7.89. The maximum absolute atomic E-state index is 4.68. The summed E-state index contributed by atoms with van der Waals surface area (Å²) >= 11 is 0. The summed E-state index contributed by atoms with van der Waals surface area (Å²) < 4.78 is 1.82. The smallest absolute Gasteiger partial charge is 0.223 e. The molecule has 0 saturated carbocycles. The van der Waals surface area contributed by atoms with Crippen LogP contribution in [0.15, 0.2) is 18.5 Å². The number of likely N-dealkylation sites (tertiary alicyclic amines) is 1. The fourth-order valence-electron chi connectivity index (χ4n) is 3.23. The first-order chi connectivity index (χ1) is 11.2. The van der Waals surface area contributed by atoms with Crippen molar-refractivity contribution in [2.24, 2.45) is 7.05 Å². The maximum Gasteiger partial charge on any atom is 0.223 e. The molecule has 0 atom stereocenters. The Morgan fingerprint density at radius 1 is 1.30 bits per heavy atom. The van der Waals surface area contributed by atoms with Crippen molar-refractivity contribution in [3.05, 3.63) is 24.2 Å². The molecule has 3 rings (SSSR count). The van der Waals surface area contributed by atoms with E-state index in [1.807, 2.05) is 37.1 Å². The van der Waals surface area contributed by atoms with Crippen LogP contribution in [0.3, 0.4) is 0 Å². The molecule has 1 saturated heterocycles. The van der Waals surface area contributed by atoms with E-state index in [9.17, 15) is 0 Å². The van der Waals surface area contributed by atoms with E-state index in [2.05, 4.69) is 32.2 Å². The number of aromatic nitrogens is 4. The second-order valence-corrected chi connectivity index (χ2v) is 6.33. The Labute approximate surface area is 137 Å². The largest absolute Gasteiger partial charge is 0.351 e. The lowest BCUT2D eigenvalue weighted by Crippen LogP contribution is -2.39. The molecule has 0 unspecified atom stereocenters. The van der Waals surface area contributed by atoms with Crippen LogP contribution in [-0.4, -0.2) is 50.3 Å². The Bertz CT molecular complexity index is 642. The second-order valence-electron chi connectivity index (χ2n) is 6.33. The second kappa shape index (κ2) is 7.08. The van der Waals surface area contributed by atoms with Crippen LogP contribution in [0.25, 0.3) is 11.3 Å². The van der Waals surface area contributed by atoms with E-state index in [1.165, 1.54) is 13.0 Å². The lowest BCUT2D eigenvalue weighted by molar-refractivity contribution is 0.219. The molecule has 0 amide bonds. The molecule has 0 aliphatic carbocycles. The van der Waals surface area contributed by atoms with Crippen molar-refractivity contribution >= 4 is 5.95 Å². The van der Waals surface area contributed by atoms with Crippen LogP contribution >= 0.6 is 0 Å². The van der Waals surface area contributed by atoms with Gasteiger partial charge in [0, 0.05) is 44.1 Å². The first-order valence-corrected chi connectivity index (χ1v) is 8.48. The molecule has 0 radical (unpaired) electrons. The number of hydrogen-bond donors (Lipinski definition) is 1. The molecule has 1 aliphatic heterocycles. The summed E-state index contributed by atoms with van der Waals surface area (Å²) in [6, 6.07) is 2.41. The van der Waals surface area contributed by atoms with Crippen LogP contribution in [0.5, 0.6) is 0 Å². The SMILES string of the molecule is CCCN1CCC(Nc2nccc(-c3cn(C)nc3C)n2)CC1. The minimum atomic E-state index is 0.466. The van der Waals surface area contributed by atoms with E-state index in [0.29, 0.717) is 6.04 Å². The summed E-state index contributed by atoms with van der Waals surface area (Å²) in [5.41, 5.74) is 2.98. The highest BCUT2D eigenvalue weighted by molar-refractivity contribution is 5.61. The third-order valence-corrected chi connectivity index (χ3v) is 4.41. The van der Waals surface area contributed by atoms with Crippen molar-refractivity contribution in [1.29, 1.82) is 0 Å². The molecule has 2 aromatic heterocycles. The van der Waals surface area contributed by atoms with Crippen LogP contribution in [0.4, 0.5) is 5.95 Å². The zero-order valence-electron chi connectivity index (χ0n) is 14.3. The molecule has 0 bridgehead atoms. The first-order valence-electron chi connectivity index (χ1n) is 8.48. The van der Waals surface area contributed by atoms with Gasteiger partial charge in [-0.3, -0.25) is 4.68 Å². The third-order valence-electron chi connectivity index (χ3n) is 4.41. The Morgan fingerprint density at radius 3 is 2.74 bits per heavy atom. The number of nitrogens with zero attached hydrogens (tertiary/aromatic N) is 5.